The van der Waals surface area contributed by atoms with Crippen molar-refractivity contribution < 1.29 is 9.13 Å². The lowest BCUT2D eigenvalue weighted by molar-refractivity contribution is 0.176. The predicted molar refractivity (Wildman–Crippen MR) is 71.1 cm³/mol. The SMILES string of the molecule is COCCC(CNC1CC1)Cc1ccccc1F. The largest absolute Gasteiger partial charge is 0.385 e. The molecule has 1 fully saturated rings. The van der Waals surface area contributed by atoms with Crippen molar-refractivity contribution in [2.24, 2.45) is 5.92 Å². The maximum Gasteiger partial charge on any atom is 0.126 e. The molecular weight excluding hydrogens is 229 g/mol. The lowest BCUT2D eigenvalue weighted by Crippen LogP contribution is -2.27. The van der Waals surface area contributed by atoms with Gasteiger partial charge in [0.15, 0.2) is 0 Å². The van der Waals surface area contributed by atoms with Crippen LogP contribution in [0.15, 0.2) is 24.3 Å². The molecule has 1 saturated carbocycles. The molecule has 1 aromatic rings. The van der Waals surface area contributed by atoms with Crippen LogP contribution in [-0.4, -0.2) is 26.3 Å². The highest BCUT2D eigenvalue weighted by atomic mass is 19.1. The summed E-state index contributed by atoms with van der Waals surface area (Å²) in [6.07, 6.45) is 4.34. The Morgan fingerprint density at radius 2 is 2.17 bits per heavy atom. The van der Waals surface area contributed by atoms with E-state index in [2.05, 4.69) is 5.32 Å². The summed E-state index contributed by atoms with van der Waals surface area (Å²) >= 11 is 0. The van der Waals surface area contributed by atoms with Crippen molar-refractivity contribution in [2.45, 2.75) is 31.7 Å². The van der Waals surface area contributed by atoms with E-state index in [-0.39, 0.29) is 5.82 Å². The molecule has 0 amide bonds. The van der Waals surface area contributed by atoms with Gasteiger partial charge in [-0.1, -0.05) is 18.2 Å². The second-order valence-electron chi connectivity index (χ2n) is 5.13. The first kappa shape index (κ1) is 13.5. The van der Waals surface area contributed by atoms with Gasteiger partial charge in [-0.05, 0) is 49.8 Å². The fraction of sp³-hybridized carbons (Fsp3) is 0.600. The Balaban J connectivity index is 1.87. The Labute approximate surface area is 109 Å². The van der Waals surface area contributed by atoms with Gasteiger partial charge in [-0.15, -0.1) is 0 Å². The van der Waals surface area contributed by atoms with Gasteiger partial charge in [-0.25, -0.2) is 4.39 Å². The van der Waals surface area contributed by atoms with Gasteiger partial charge in [0.25, 0.3) is 0 Å². The minimum absolute atomic E-state index is 0.0914. The van der Waals surface area contributed by atoms with Crippen LogP contribution in [0.25, 0.3) is 0 Å². The van der Waals surface area contributed by atoms with Gasteiger partial charge in [0, 0.05) is 19.8 Å². The normalized spacial score (nSPS) is 16.8. The summed E-state index contributed by atoms with van der Waals surface area (Å²) in [6.45, 7) is 1.70. The Morgan fingerprint density at radius 1 is 1.39 bits per heavy atom. The molecule has 0 aliphatic heterocycles. The average molecular weight is 251 g/mol. The summed E-state index contributed by atoms with van der Waals surface area (Å²) in [7, 11) is 1.72. The van der Waals surface area contributed by atoms with E-state index >= 15 is 0 Å². The Hall–Kier alpha value is -0.930. The molecule has 1 atom stereocenters. The molecule has 1 aromatic carbocycles. The average Bonchev–Trinajstić information content (AvgIpc) is 3.19. The number of hydrogen-bond acceptors (Lipinski definition) is 2. The van der Waals surface area contributed by atoms with Crippen LogP contribution < -0.4 is 5.32 Å². The van der Waals surface area contributed by atoms with Crippen molar-refractivity contribution in [1.29, 1.82) is 0 Å². The third-order valence-corrected chi connectivity index (χ3v) is 3.47. The number of halogens is 1. The van der Waals surface area contributed by atoms with Crippen molar-refractivity contribution in [1.82, 2.24) is 5.32 Å². The molecule has 0 radical (unpaired) electrons. The van der Waals surface area contributed by atoms with Crippen molar-refractivity contribution in [2.75, 3.05) is 20.3 Å². The van der Waals surface area contributed by atoms with Gasteiger partial charge >= 0.3 is 0 Å². The molecule has 2 nitrogen and oxygen atoms in total. The van der Waals surface area contributed by atoms with E-state index in [0.29, 0.717) is 12.0 Å². The molecule has 0 spiro atoms. The van der Waals surface area contributed by atoms with Gasteiger partial charge in [-0.3, -0.25) is 0 Å². The van der Waals surface area contributed by atoms with Gasteiger partial charge in [0.1, 0.15) is 5.82 Å². The molecule has 0 heterocycles. The molecule has 18 heavy (non-hydrogen) atoms. The van der Waals surface area contributed by atoms with Crippen LogP contribution in [0.4, 0.5) is 4.39 Å². The smallest absolute Gasteiger partial charge is 0.126 e. The lowest BCUT2D eigenvalue weighted by atomic mass is 9.96. The summed E-state index contributed by atoms with van der Waals surface area (Å²) in [4.78, 5) is 0. The molecule has 2 rings (SSSR count). The first-order valence-electron chi connectivity index (χ1n) is 6.75. The molecule has 100 valence electrons. The number of hydrogen-bond donors (Lipinski definition) is 1. The minimum Gasteiger partial charge on any atom is -0.385 e. The summed E-state index contributed by atoms with van der Waals surface area (Å²) in [6, 6.07) is 7.77. The summed E-state index contributed by atoms with van der Waals surface area (Å²) in [5, 5.41) is 3.53. The van der Waals surface area contributed by atoms with Crippen molar-refractivity contribution >= 4 is 0 Å². The quantitative estimate of drug-likeness (QED) is 0.767. The third kappa shape index (κ3) is 4.39. The first-order valence-corrected chi connectivity index (χ1v) is 6.75. The van der Waals surface area contributed by atoms with E-state index in [4.69, 9.17) is 4.74 Å². The van der Waals surface area contributed by atoms with E-state index in [1.165, 1.54) is 18.9 Å². The van der Waals surface area contributed by atoms with Crippen molar-refractivity contribution in [3.8, 4) is 0 Å². The number of rotatable bonds is 8. The van der Waals surface area contributed by atoms with Crippen LogP contribution in [0.2, 0.25) is 0 Å². The van der Waals surface area contributed by atoms with Gasteiger partial charge in [0.2, 0.25) is 0 Å². The molecule has 1 aliphatic carbocycles. The molecule has 3 heteroatoms. The van der Waals surface area contributed by atoms with Crippen molar-refractivity contribution in [3.05, 3.63) is 35.6 Å². The number of methoxy groups -OCH3 is 1. The zero-order valence-corrected chi connectivity index (χ0v) is 11.0. The van der Waals surface area contributed by atoms with Gasteiger partial charge in [0.05, 0.1) is 0 Å². The van der Waals surface area contributed by atoms with E-state index in [1.54, 1.807) is 13.2 Å². The standard InChI is InChI=1S/C15H22FNO/c1-18-9-8-12(11-17-14-6-7-14)10-13-4-2-3-5-15(13)16/h2-5,12,14,17H,6-11H2,1H3. The van der Waals surface area contributed by atoms with E-state index in [0.717, 1.165) is 31.6 Å². The minimum atomic E-state index is -0.0914. The molecule has 0 bridgehead atoms. The maximum absolute atomic E-state index is 13.6. The third-order valence-electron chi connectivity index (χ3n) is 3.47. The van der Waals surface area contributed by atoms with Crippen LogP contribution in [-0.2, 0) is 11.2 Å². The Bertz CT molecular complexity index is 365. The van der Waals surface area contributed by atoms with E-state index < -0.39 is 0 Å². The molecule has 1 unspecified atom stereocenters. The van der Waals surface area contributed by atoms with Gasteiger partial charge in [-0.2, -0.15) is 0 Å². The second-order valence-corrected chi connectivity index (χ2v) is 5.13. The fourth-order valence-electron chi connectivity index (χ4n) is 2.16. The van der Waals surface area contributed by atoms with Crippen LogP contribution >= 0.6 is 0 Å². The molecule has 1 aliphatic rings. The van der Waals surface area contributed by atoms with E-state index in [1.807, 2.05) is 12.1 Å². The Morgan fingerprint density at radius 3 is 2.83 bits per heavy atom. The summed E-state index contributed by atoms with van der Waals surface area (Å²) < 4.78 is 18.8. The molecule has 0 saturated heterocycles. The maximum atomic E-state index is 13.6. The predicted octanol–water partition coefficient (Wildman–Crippen LogP) is 2.77. The van der Waals surface area contributed by atoms with Crippen molar-refractivity contribution in [3.63, 3.8) is 0 Å². The number of benzene rings is 1. The molecular formula is C15H22FNO. The second kappa shape index (κ2) is 6.86. The molecule has 1 N–H and O–H groups in total. The van der Waals surface area contributed by atoms with Crippen LogP contribution in [0.3, 0.4) is 0 Å². The monoisotopic (exact) mass is 251 g/mol. The number of nitrogens with one attached hydrogen (secondary N) is 1. The zero-order valence-electron chi connectivity index (χ0n) is 11.0. The zero-order chi connectivity index (χ0) is 12.8. The topological polar surface area (TPSA) is 21.3 Å². The van der Waals surface area contributed by atoms with E-state index in [9.17, 15) is 4.39 Å². The molecule has 0 aromatic heterocycles. The fourth-order valence-corrected chi connectivity index (χ4v) is 2.16. The van der Waals surface area contributed by atoms with Crippen LogP contribution in [0.1, 0.15) is 24.8 Å². The highest BCUT2D eigenvalue weighted by Crippen LogP contribution is 2.21. The summed E-state index contributed by atoms with van der Waals surface area (Å²) in [5.41, 5.74) is 0.816. The van der Waals surface area contributed by atoms with Crippen LogP contribution in [0.5, 0.6) is 0 Å². The Kier molecular flexibility index (Phi) is 5.14. The summed E-state index contributed by atoms with van der Waals surface area (Å²) in [5.74, 6) is 0.355. The lowest BCUT2D eigenvalue weighted by Gasteiger charge is -2.17. The van der Waals surface area contributed by atoms with Crippen LogP contribution in [0, 0.1) is 11.7 Å². The number of ether oxygens (including phenoxy) is 1. The first-order chi connectivity index (χ1) is 8.79. The van der Waals surface area contributed by atoms with Gasteiger partial charge < -0.3 is 10.1 Å². The highest BCUT2D eigenvalue weighted by molar-refractivity contribution is 5.17. The highest BCUT2D eigenvalue weighted by Gasteiger charge is 2.22.